The Bertz CT molecular complexity index is 816. The summed E-state index contributed by atoms with van der Waals surface area (Å²) in [4.78, 5) is 13.3. The molecule has 6 nitrogen and oxygen atoms in total. The molecular formula is C17H20FN5O. The summed E-state index contributed by atoms with van der Waals surface area (Å²) in [6.07, 6.45) is 3.89. The molecule has 3 aromatic rings. The number of benzene rings is 1. The van der Waals surface area contributed by atoms with Crippen LogP contribution in [0.5, 0.6) is 5.88 Å². The van der Waals surface area contributed by atoms with E-state index in [2.05, 4.69) is 27.2 Å². The molecule has 0 spiro atoms. The predicted octanol–water partition coefficient (Wildman–Crippen LogP) is 3.91. The van der Waals surface area contributed by atoms with Gasteiger partial charge in [0.25, 0.3) is 0 Å². The van der Waals surface area contributed by atoms with Crippen molar-refractivity contribution in [2.24, 2.45) is 0 Å². The minimum atomic E-state index is -0.287. The minimum absolute atomic E-state index is 0.287. The average Bonchev–Trinajstić information content (AvgIpc) is 2.98. The first-order chi connectivity index (χ1) is 11.7. The van der Waals surface area contributed by atoms with Crippen molar-refractivity contribution < 1.29 is 9.13 Å². The summed E-state index contributed by atoms with van der Waals surface area (Å²) in [5.41, 5.74) is 2.09. The highest BCUT2D eigenvalue weighted by Gasteiger charge is 2.14. The van der Waals surface area contributed by atoms with Gasteiger partial charge in [-0.3, -0.25) is 0 Å². The Morgan fingerprint density at radius 2 is 1.96 bits per heavy atom. The molecule has 7 heteroatoms. The first-order valence-electron chi connectivity index (χ1n) is 8.09. The van der Waals surface area contributed by atoms with Crippen LogP contribution in [0, 0.1) is 5.82 Å². The van der Waals surface area contributed by atoms with Crippen LogP contribution in [0.3, 0.4) is 0 Å². The molecule has 0 amide bonds. The second-order valence-electron chi connectivity index (χ2n) is 5.38. The maximum absolute atomic E-state index is 13.0. The van der Waals surface area contributed by atoms with Gasteiger partial charge < -0.3 is 14.6 Å². The van der Waals surface area contributed by atoms with Crippen molar-refractivity contribution in [3.8, 4) is 5.88 Å². The molecule has 2 heterocycles. The Labute approximate surface area is 139 Å². The lowest BCUT2D eigenvalue weighted by molar-refractivity contribution is 0.330. The molecule has 0 aliphatic carbocycles. The molecule has 1 aromatic carbocycles. The molecule has 126 valence electrons. The Hall–Kier alpha value is -2.70. The first-order valence-corrected chi connectivity index (χ1v) is 8.09. The summed E-state index contributed by atoms with van der Waals surface area (Å²) in [7, 11) is 0. The number of unbranched alkanes of at least 4 members (excludes halogenated alkanes) is 1. The number of hydrogen-bond donors (Lipinski definition) is 1. The largest absolute Gasteiger partial charge is 0.476 e. The summed E-state index contributed by atoms with van der Waals surface area (Å²) < 4.78 is 20.6. The van der Waals surface area contributed by atoms with E-state index in [1.807, 2.05) is 11.5 Å². The number of halogens is 1. The molecule has 0 atom stereocenters. The fourth-order valence-corrected chi connectivity index (χ4v) is 2.37. The van der Waals surface area contributed by atoms with Crippen LogP contribution in [-0.4, -0.2) is 26.1 Å². The van der Waals surface area contributed by atoms with Gasteiger partial charge in [-0.25, -0.2) is 9.37 Å². The van der Waals surface area contributed by atoms with Crippen molar-refractivity contribution >= 4 is 22.8 Å². The fourth-order valence-electron chi connectivity index (χ4n) is 2.37. The Kier molecular flexibility index (Phi) is 4.88. The number of rotatable bonds is 7. The summed E-state index contributed by atoms with van der Waals surface area (Å²) >= 11 is 0. The van der Waals surface area contributed by atoms with Gasteiger partial charge in [-0.05, 0) is 37.6 Å². The zero-order chi connectivity index (χ0) is 16.9. The van der Waals surface area contributed by atoms with Crippen LogP contribution in [-0.2, 0) is 6.54 Å². The summed E-state index contributed by atoms with van der Waals surface area (Å²) in [5.74, 6) is 0.558. The van der Waals surface area contributed by atoms with Crippen LogP contribution in [0.15, 0.2) is 30.6 Å². The molecule has 3 rings (SSSR count). The molecular weight excluding hydrogens is 309 g/mol. The minimum Gasteiger partial charge on any atom is -0.476 e. The standard InChI is InChI=1S/C17H20FN5O/c1-3-5-10-23-11-19-14-15(23)21-17(22-16(14)24-4-2)20-13-8-6-12(18)7-9-13/h6-9,11H,3-5,10H2,1-2H3,(H,20,21,22). The quantitative estimate of drug-likeness (QED) is 0.712. The molecule has 0 saturated heterocycles. The highest BCUT2D eigenvalue weighted by atomic mass is 19.1. The predicted molar refractivity (Wildman–Crippen MR) is 91.1 cm³/mol. The second-order valence-corrected chi connectivity index (χ2v) is 5.38. The van der Waals surface area contributed by atoms with Gasteiger partial charge in [0.05, 0.1) is 12.9 Å². The lowest BCUT2D eigenvalue weighted by Gasteiger charge is -2.09. The molecule has 0 bridgehead atoms. The lowest BCUT2D eigenvalue weighted by Crippen LogP contribution is -2.04. The topological polar surface area (TPSA) is 64.9 Å². The number of nitrogens with zero attached hydrogens (tertiary/aromatic N) is 4. The Balaban J connectivity index is 1.98. The molecule has 1 N–H and O–H groups in total. The Morgan fingerprint density at radius 3 is 2.67 bits per heavy atom. The number of aromatic nitrogens is 4. The van der Waals surface area contributed by atoms with Gasteiger partial charge in [0.2, 0.25) is 11.8 Å². The number of hydrogen-bond acceptors (Lipinski definition) is 5. The molecule has 0 fully saturated rings. The molecule has 0 aliphatic rings. The van der Waals surface area contributed by atoms with Crippen molar-refractivity contribution in [2.45, 2.75) is 33.2 Å². The van der Waals surface area contributed by atoms with Crippen molar-refractivity contribution in [1.29, 1.82) is 0 Å². The van der Waals surface area contributed by atoms with Crippen LogP contribution in [0.4, 0.5) is 16.0 Å². The summed E-state index contributed by atoms with van der Waals surface area (Å²) in [5, 5.41) is 3.09. The van der Waals surface area contributed by atoms with E-state index in [1.165, 1.54) is 12.1 Å². The van der Waals surface area contributed by atoms with Crippen LogP contribution < -0.4 is 10.1 Å². The van der Waals surface area contributed by atoms with E-state index in [1.54, 1.807) is 18.5 Å². The van der Waals surface area contributed by atoms with E-state index in [9.17, 15) is 4.39 Å². The smallest absolute Gasteiger partial charge is 0.247 e. The van der Waals surface area contributed by atoms with Crippen molar-refractivity contribution in [2.75, 3.05) is 11.9 Å². The lowest BCUT2D eigenvalue weighted by atomic mass is 10.3. The van der Waals surface area contributed by atoms with Gasteiger partial charge in [0.15, 0.2) is 11.2 Å². The zero-order valence-corrected chi connectivity index (χ0v) is 13.8. The van der Waals surface area contributed by atoms with Gasteiger partial charge >= 0.3 is 0 Å². The number of nitrogens with one attached hydrogen (secondary N) is 1. The van der Waals surface area contributed by atoms with E-state index in [-0.39, 0.29) is 5.82 Å². The van der Waals surface area contributed by atoms with E-state index in [0.29, 0.717) is 29.6 Å². The maximum Gasteiger partial charge on any atom is 0.247 e. The zero-order valence-electron chi connectivity index (χ0n) is 13.8. The highest BCUT2D eigenvalue weighted by Crippen LogP contribution is 2.25. The third-order valence-corrected chi connectivity index (χ3v) is 3.57. The monoisotopic (exact) mass is 329 g/mol. The van der Waals surface area contributed by atoms with Gasteiger partial charge in [-0.2, -0.15) is 9.97 Å². The average molecular weight is 329 g/mol. The molecule has 0 aliphatic heterocycles. The van der Waals surface area contributed by atoms with Crippen LogP contribution >= 0.6 is 0 Å². The number of aryl methyl sites for hydroxylation is 1. The van der Waals surface area contributed by atoms with E-state index >= 15 is 0 Å². The van der Waals surface area contributed by atoms with Gasteiger partial charge in [-0.1, -0.05) is 13.3 Å². The van der Waals surface area contributed by atoms with Gasteiger partial charge in [0, 0.05) is 12.2 Å². The third kappa shape index (κ3) is 3.45. The molecule has 24 heavy (non-hydrogen) atoms. The normalized spacial score (nSPS) is 11.0. The van der Waals surface area contributed by atoms with Crippen LogP contribution in [0.25, 0.3) is 11.2 Å². The molecule has 0 saturated carbocycles. The van der Waals surface area contributed by atoms with Crippen LogP contribution in [0.1, 0.15) is 26.7 Å². The number of anilines is 2. The SMILES string of the molecule is CCCCn1cnc2c(OCC)nc(Nc3ccc(F)cc3)nc21. The fraction of sp³-hybridized carbons (Fsp3) is 0.353. The molecule has 0 radical (unpaired) electrons. The number of ether oxygens (including phenoxy) is 1. The Morgan fingerprint density at radius 1 is 1.17 bits per heavy atom. The summed E-state index contributed by atoms with van der Waals surface area (Å²) in [6, 6.07) is 6.04. The van der Waals surface area contributed by atoms with E-state index in [0.717, 1.165) is 25.0 Å². The van der Waals surface area contributed by atoms with E-state index < -0.39 is 0 Å². The molecule has 2 aromatic heterocycles. The molecule has 0 unspecified atom stereocenters. The second kappa shape index (κ2) is 7.25. The summed E-state index contributed by atoms with van der Waals surface area (Å²) in [6.45, 7) is 5.37. The van der Waals surface area contributed by atoms with Crippen LogP contribution in [0.2, 0.25) is 0 Å². The van der Waals surface area contributed by atoms with Crippen molar-refractivity contribution in [1.82, 2.24) is 19.5 Å². The van der Waals surface area contributed by atoms with Crippen molar-refractivity contribution in [3.05, 3.63) is 36.4 Å². The van der Waals surface area contributed by atoms with Crippen molar-refractivity contribution in [3.63, 3.8) is 0 Å². The van der Waals surface area contributed by atoms with Gasteiger partial charge in [0.1, 0.15) is 5.82 Å². The van der Waals surface area contributed by atoms with E-state index in [4.69, 9.17) is 4.74 Å². The third-order valence-electron chi connectivity index (χ3n) is 3.57. The number of fused-ring (bicyclic) bond motifs is 1. The number of imidazole rings is 1. The highest BCUT2D eigenvalue weighted by molar-refractivity contribution is 5.78. The first kappa shape index (κ1) is 16.2. The maximum atomic E-state index is 13.0. The van der Waals surface area contributed by atoms with Gasteiger partial charge in [-0.15, -0.1) is 0 Å².